The molecule has 3 heterocycles. The summed E-state index contributed by atoms with van der Waals surface area (Å²) in [5.74, 6) is 1.46. The molecule has 0 spiro atoms. The van der Waals surface area contributed by atoms with Gasteiger partial charge in [0, 0.05) is 50.7 Å². The monoisotopic (exact) mass is 462 g/mol. The Morgan fingerprint density at radius 2 is 1.63 bits per heavy atom. The number of H-pyrrole nitrogens is 1. The second-order valence-corrected chi connectivity index (χ2v) is 9.68. The maximum atomic E-state index is 5.02. The van der Waals surface area contributed by atoms with Crippen molar-refractivity contribution in [2.75, 3.05) is 31.1 Å². The van der Waals surface area contributed by atoms with Crippen molar-refractivity contribution in [3.8, 4) is 11.4 Å². The molecule has 6 rings (SSSR count). The SMILES string of the molecule is CC(C)c1ccc(-c2nc3c(N4CCN(Cc5ccc6nccnc6c5)CC4)cccc3[nH]2)cc1. The van der Waals surface area contributed by atoms with Gasteiger partial charge in [-0.1, -0.05) is 50.2 Å². The van der Waals surface area contributed by atoms with E-state index in [0.29, 0.717) is 5.92 Å². The molecule has 1 saturated heterocycles. The first-order chi connectivity index (χ1) is 17.1. The van der Waals surface area contributed by atoms with Crippen LogP contribution in [0.15, 0.2) is 73.1 Å². The van der Waals surface area contributed by atoms with E-state index in [1.54, 1.807) is 12.4 Å². The van der Waals surface area contributed by atoms with Gasteiger partial charge in [-0.25, -0.2) is 4.98 Å². The van der Waals surface area contributed by atoms with Crippen molar-refractivity contribution in [2.45, 2.75) is 26.3 Å². The highest BCUT2D eigenvalue weighted by Crippen LogP contribution is 2.30. The molecule has 1 aliphatic heterocycles. The van der Waals surface area contributed by atoms with Gasteiger partial charge in [0.15, 0.2) is 0 Å². The number of para-hydroxylation sites is 1. The molecule has 0 bridgehead atoms. The highest BCUT2D eigenvalue weighted by molar-refractivity contribution is 5.91. The molecule has 2 aromatic heterocycles. The van der Waals surface area contributed by atoms with Crippen LogP contribution in [0.5, 0.6) is 0 Å². The second-order valence-electron chi connectivity index (χ2n) is 9.68. The van der Waals surface area contributed by atoms with E-state index in [4.69, 9.17) is 4.98 Å². The number of anilines is 1. The lowest BCUT2D eigenvalue weighted by Gasteiger charge is -2.36. The molecule has 0 amide bonds. The summed E-state index contributed by atoms with van der Waals surface area (Å²) in [5.41, 5.74) is 9.02. The fourth-order valence-corrected chi connectivity index (χ4v) is 4.95. The van der Waals surface area contributed by atoms with Crippen molar-refractivity contribution in [3.63, 3.8) is 0 Å². The number of rotatable bonds is 5. The van der Waals surface area contributed by atoms with E-state index >= 15 is 0 Å². The minimum atomic E-state index is 0.528. The van der Waals surface area contributed by atoms with Crippen LogP contribution in [0, 0.1) is 0 Å². The zero-order valence-corrected chi connectivity index (χ0v) is 20.3. The first-order valence-electron chi connectivity index (χ1n) is 12.4. The summed E-state index contributed by atoms with van der Waals surface area (Å²) < 4.78 is 0. The fraction of sp³-hybridized carbons (Fsp3) is 0.276. The molecule has 0 radical (unpaired) electrons. The van der Waals surface area contributed by atoms with E-state index in [2.05, 4.69) is 99.3 Å². The molecular formula is C29H30N6. The zero-order valence-electron chi connectivity index (χ0n) is 20.3. The molecule has 6 nitrogen and oxygen atoms in total. The quantitative estimate of drug-likeness (QED) is 0.367. The zero-order chi connectivity index (χ0) is 23.8. The van der Waals surface area contributed by atoms with E-state index in [1.165, 1.54) is 16.8 Å². The highest BCUT2D eigenvalue weighted by Gasteiger charge is 2.20. The third-order valence-electron chi connectivity index (χ3n) is 7.00. The molecule has 1 N–H and O–H groups in total. The maximum Gasteiger partial charge on any atom is 0.138 e. The molecule has 35 heavy (non-hydrogen) atoms. The number of hydrogen-bond donors (Lipinski definition) is 1. The lowest BCUT2D eigenvalue weighted by molar-refractivity contribution is 0.250. The van der Waals surface area contributed by atoms with E-state index in [1.807, 2.05) is 0 Å². The summed E-state index contributed by atoms with van der Waals surface area (Å²) in [6.45, 7) is 9.38. The van der Waals surface area contributed by atoms with E-state index in [0.717, 1.165) is 66.2 Å². The number of aromatic amines is 1. The van der Waals surface area contributed by atoms with Gasteiger partial charge in [0.2, 0.25) is 0 Å². The fourth-order valence-electron chi connectivity index (χ4n) is 4.95. The molecule has 6 heteroatoms. The summed E-state index contributed by atoms with van der Waals surface area (Å²) in [4.78, 5) is 22.4. The Balaban J connectivity index is 1.17. The average Bonchev–Trinajstić information content (AvgIpc) is 3.34. The summed E-state index contributed by atoms with van der Waals surface area (Å²) in [5, 5.41) is 0. The molecule has 0 atom stereocenters. The number of piperazine rings is 1. The summed E-state index contributed by atoms with van der Waals surface area (Å²) >= 11 is 0. The standard InChI is InChI=1S/C29H30N6/c1-20(2)22-7-9-23(10-8-22)29-32-25-4-3-5-27(28(25)33-29)35-16-14-34(15-17-35)19-21-6-11-24-26(18-21)31-13-12-30-24/h3-13,18,20H,14-17,19H2,1-2H3,(H,32,33). The van der Waals surface area contributed by atoms with Crippen molar-refractivity contribution in [2.24, 2.45) is 0 Å². The van der Waals surface area contributed by atoms with Crippen molar-refractivity contribution >= 4 is 27.8 Å². The number of imidazole rings is 1. The third kappa shape index (κ3) is 4.37. The Hall–Kier alpha value is -3.77. The molecule has 176 valence electrons. The topological polar surface area (TPSA) is 60.9 Å². The highest BCUT2D eigenvalue weighted by atomic mass is 15.3. The third-order valence-corrected chi connectivity index (χ3v) is 7.00. The number of nitrogens with one attached hydrogen (secondary N) is 1. The second kappa shape index (κ2) is 9.12. The molecule has 0 saturated carbocycles. The minimum absolute atomic E-state index is 0.528. The Morgan fingerprint density at radius 3 is 2.40 bits per heavy atom. The van der Waals surface area contributed by atoms with Crippen LogP contribution in [-0.2, 0) is 6.54 Å². The summed E-state index contributed by atoms with van der Waals surface area (Å²) in [6.07, 6.45) is 3.50. The first kappa shape index (κ1) is 21.7. The molecule has 1 aliphatic rings. The Labute approximate surface area is 205 Å². The molecule has 5 aromatic rings. The predicted octanol–water partition coefficient (Wildman–Crippen LogP) is 5.62. The van der Waals surface area contributed by atoms with Crippen molar-refractivity contribution in [3.05, 3.63) is 84.2 Å². The van der Waals surface area contributed by atoms with Gasteiger partial charge in [0.05, 0.1) is 22.2 Å². The van der Waals surface area contributed by atoms with Gasteiger partial charge in [-0.05, 0) is 41.3 Å². The minimum Gasteiger partial charge on any atom is -0.367 e. The van der Waals surface area contributed by atoms with Crippen LogP contribution in [0.1, 0.15) is 30.9 Å². The largest absolute Gasteiger partial charge is 0.367 e. The van der Waals surface area contributed by atoms with Crippen LogP contribution in [-0.4, -0.2) is 51.0 Å². The Kier molecular flexibility index (Phi) is 5.66. The van der Waals surface area contributed by atoms with Crippen LogP contribution >= 0.6 is 0 Å². The lowest BCUT2D eigenvalue weighted by Crippen LogP contribution is -2.46. The van der Waals surface area contributed by atoms with Crippen molar-refractivity contribution in [1.82, 2.24) is 24.8 Å². The van der Waals surface area contributed by atoms with E-state index in [-0.39, 0.29) is 0 Å². The number of nitrogens with zero attached hydrogens (tertiary/aromatic N) is 5. The predicted molar refractivity (Wildman–Crippen MR) is 143 cm³/mol. The first-order valence-corrected chi connectivity index (χ1v) is 12.4. The Bertz CT molecular complexity index is 1460. The van der Waals surface area contributed by atoms with Crippen LogP contribution in [0.2, 0.25) is 0 Å². The van der Waals surface area contributed by atoms with Gasteiger partial charge in [-0.3, -0.25) is 14.9 Å². The number of hydrogen-bond acceptors (Lipinski definition) is 5. The normalized spacial score (nSPS) is 14.9. The number of fused-ring (bicyclic) bond motifs is 2. The van der Waals surface area contributed by atoms with Crippen LogP contribution in [0.25, 0.3) is 33.5 Å². The number of benzene rings is 3. The van der Waals surface area contributed by atoms with Gasteiger partial charge >= 0.3 is 0 Å². The maximum absolute atomic E-state index is 5.02. The molecule has 3 aromatic carbocycles. The van der Waals surface area contributed by atoms with Gasteiger partial charge in [-0.15, -0.1) is 0 Å². The Morgan fingerprint density at radius 1 is 0.857 bits per heavy atom. The van der Waals surface area contributed by atoms with Crippen molar-refractivity contribution in [1.29, 1.82) is 0 Å². The van der Waals surface area contributed by atoms with Crippen molar-refractivity contribution < 1.29 is 0 Å². The van der Waals surface area contributed by atoms with Gasteiger partial charge < -0.3 is 9.88 Å². The molecule has 0 aliphatic carbocycles. The molecular weight excluding hydrogens is 432 g/mol. The van der Waals surface area contributed by atoms with Crippen LogP contribution < -0.4 is 4.90 Å². The summed E-state index contributed by atoms with van der Waals surface area (Å²) in [7, 11) is 0. The number of aromatic nitrogens is 4. The van der Waals surface area contributed by atoms with Gasteiger partial charge in [0.1, 0.15) is 11.3 Å². The van der Waals surface area contributed by atoms with Crippen LogP contribution in [0.4, 0.5) is 5.69 Å². The lowest BCUT2D eigenvalue weighted by atomic mass is 10.0. The average molecular weight is 463 g/mol. The van der Waals surface area contributed by atoms with E-state index in [9.17, 15) is 0 Å². The van der Waals surface area contributed by atoms with Crippen LogP contribution in [0.3, 0.4) is 0 Å². The van der Waals surface area contributed by atoms with Gasteiger partial charge in [-0.2, -0.15) is 0 Å². The smallest absolute Gasteiger partial charge is 0.138 e. The molecule has 1 fully saturated rings. The summed E-state index contributed by atoms with van der Waals surface area (Å²) in [6, 6.07) is 21.6. The van der Waals surface area contributed by atoms with E-state index < -0.39 is 0 Å². The van der Waals surface area contributed by atoms with Gasteiger partial charge in [0.25, 0.3) is 0 Å². The molecule has 0 unspecified atom stereocenters.